The summed E-state index contributed by atoms with van der Waals surface area (Å²) >= 11 is 0. The predicted molar refractivity (Wildman–Crippen MR) is 80.1 cm³/mol. The number of hydrogen-bond acceptors (Lipinski definition) is 3. The summed E-state index contributed by atoms with van der Waals surface area (Å²) in [6.07, 6.45) is 4.97. The van der Waals surface area contributed by atoms with Crippen molar-refractivity contribution < 1.29 is 4.74 Å². The van der Waals surface area contributed by atoms with E-state index in [0.717, 1.165) is 24.9 Å². The maximum Gasteiger partial charge on any atom is 0.0777 e. The fourth-order valence-corrected chi connectivity index (χ4v) is 4.21. The largest absolute Gasteiger partial charge is 0.377 e. The first-order valence-corrected chi connectivity index (χ1v) is 7.96. The van der Waals surface area contributed by atoms with E-state index in [0.29, 0.717) is 12.0 Å². The molecule has 2 rings (SSSR count). The Bertz CT molecular complexity index is 284. The number of rotatable bonds is 3. The number of piperidine rings is 1. The molecule has 0 amide bonds. The molecule has 2 aliphatic rings. The zero-order valence-corrected chi connectivity index (χ0v) is 13.2. The summed E-state index contributed by atoms with van der Waals surface area (Å²) in [6, 6.07) is 0.384. The van der Waals surface area contributed by atoms with E-state index >= 15 is 0 Å². The van der Waals surface area contributed by atoms with Crippen LogP contribution in [-0.2, 0) is 4.74 Å². The Morgan fingerprint density at radius 2 is 2.05 bits per heavy atom. The van der Waals surface area contributed by atoms with Gasteiger partial charge in [-0.15, -0.1) is 0 Å². The minimum atomic E-state index is 0.0491. The van der Waals surface area contributed by atoms with Gasteiger partial charge in [0.05, 0.1) is 5.60 Å². The molecule has 3 heteroatoms. The quantitative estimate of drug-likeness (QED) is 0.854. The third-order valence-corrected chi connectivity index (χ3v) is 5.43. The highest BCUT2D eigenvalue weighted by Crippen LogP contribution is 2.34. The molecule has 2 N–H and O–H groups in total. The lowest BCUT2D eigenvalue weighted by molar-refractivity contribution is -0.0578. The predicted octanol–water partition coefficient (Wildman–Crippen LogP) is 2.50. The van der Waals surface area contributed by atoms with Crippen LogP contribution in [0, 0.1) is 17.8 Å². The number of hydrogen-bond donors (Lipinski definition) is 1. The normalized spacial score (nSPS) is 45.3. The van der Waals surface area contributed by atoms with Gasteiger partial charge in [-0.2, -0.15) is 0 Å². The van der Waals surface area contributed by atoms with Crippen molar-refractivity contribution in [2.75, 3.05) is 26.7 Å². The summed E-state index contributed by atoms with van der Waals surface area (Å²) in [5.41, 5.74) is 6.47. The van der Waals surface area contributed by atoms with Gasteiger partial charge in [0.15, 0.2) is 0 Å². The van der Waals surface area contributed by atoms with Crippen LogP contribution in [0.4, 0.5) is 0 Å². The van der Waals surface area contributed by atoms with E-state index in [1.54, 1.807) is 0 Å². The number of ether oxygens (including phenoxy) is 1. The van der Waals surface area contributed by atoms with Crippen LogP contribution in [-0.4, -0.2) is 43.3 Å². The van der Waals surface area contributed by atoms with Crippen LogP contribution in [0.3, 0.4) is 0 Å². The number of nitrogens with two attached hydrogens (primary N) is 1. The molecule has 1 aliphatic carbocycles. The monoisotopic (exact) mass is 268 g/mol. The molecule has 5 atom stereocenters. The minimum absolute atomic E-state index is 0.0491. The Labute approximate surface area is 118 Å². The van der Waals surface area contributed by atoms with Crippen molar-refractivity contribution in [2.45, 2.75) is 58.1 Å². The van der Waals surface area contributed by atoms with Crippen molar-refractivity contribution in [3.8, 4) is 0 Å². The summed E-state index contributed by atoms with van der Waals surface area (Å²) in [7, 11) is 1.85. The standard InChI is InChI=1S/C16H32N2O/c1-12-8-13(2)14(15(17)9-12)10-18-7-5-6-16(3,11-18)19-4/h12-15H,5-11,17H2,1-4H3. The fourth-order valence-electron chi connectivity index (χ4n) is 4.21. The van der Waals surface area contributed by atoms with Crippen molar-refractivity contribution in [2.24, 2.45) is 23.5 Å². The van der Waals surface area contributed by atoms with Gasteiger partial charge in [0.25, 0.3) is 0 Å². The maximum atomic E-state index is 6.42. The van der Waals surface area contributed by atoms with E-state index in [9.17, 15) is 0 Å². The SMILES string of the molecule is COC1(C)CCCN(CC2C(C)CC(C)CC2N)C1. The summed E-state index contributed by atoms with van der Waals surface area (Å²) in [4.78, 5) is 2.59. The second-order valence-corrected chi connectivity index (χ2v) is 7.37. The zero-order chi connectivity index (χ0) is 14.0. The van der Waals surface area contributed by atoms with Gasteiger partial charge in [-0.1, -0.05) is 13.8 Å². The molecule has 1 aliphatic heterocycles. The van der Waals surface area contributed by atoms with E-state index in [1.165, 1.54) is 32.2 Å². The van der Waals surface area contributed by atoms with Gasteiger partial charge in [-0.25, -0.2) is 0 Å². The van der Waals surface area contributed by atoms with Gasteiger partial charge in [-0.3, -0.25) is 0 Å². The molecular formula is C16H32N2O. The lowest BCUT2D eigenvalue weighted by Crippen LogP contribution is -2.52. The average Bonchev–Trinajstić information content (AvgIpc) is 2.34. The van der Waals surface area contributed by atoms with Gasteiger partial charge in [0.2, 0.25) is 0 Å². The molecule has 0 aromatic heterocycles. The van der Waals surface area contributed by atoms with Gasteiger partial charge in [0, 0.05) is 26.2 Å². The fraction of sp³-hybridized carbons (Fsp3) is 1.00. The van der Waals surface area contributed by atoms with E-state index < -0.39 is 0 Å². The van der Waals surface area contributed by atoms with Crippen LogP contribution >= 0.6 is 0 Å². The molecule has 0 aromatic rings. The van der Waals surface area contributed by atoms with Crippen molar-refractivity contribution in [3.63, 3.8) is 0 Å². The highest BCUT2D eigenvalue weighted by molar-refractivity contribution is 4.91. The molecule has 1 heterocycles. The van der Waals surface area contributed by atoms with Crippen LogP contribution in [0.1, 0.15) is 46.5 Å². The summed E-state index contributed by atoms with van der Waals surface area (Å²) in [6.45, 7) is 10.4. The second-order valence-electron chi connectivity index (χ2n) is 7.37. The molecule has 3 nitrogen and oxygen atoms in total. The Morgan fingerprint density at radius 3 is 2.68 bits per heavy atom. The molecule has 5 unspecified atom stereocenters. The van der Waals surface area contributed by atoms with Gasteiger partial charge in [-0.05, 0) is 56.9 Å². The van der Waals surface area contributed by atoms with Crippen LogP contribution in [0.5, 0.6) is 0 Å². The third-order valence-electron chi connectivity index (χ3n) is 5.43. The first kappa shape index (κ1) is 15.3. The van der Waals surface area contributed by atoms with Crippen molar-refractivity contribution in [1.29, 1.82) is 0 Å². The molecule has 0 radical (unpaired) electrons. The van der Waals surface area contributed by atoms with Crippen molar-refractivity contribution in [3.05, 3.63) is 0 Å². The van der Waals surface area contributed by atoms with Crippen LogP contribution in [0.2, 0.25) is 0 Å². The van der Waals surface area contributed by atoms with E-state index in [-0.39, 0.29) is 5.60 Å². The summed E-state index contributed by atoms with van der Waals surface area (Å²) < 4.78 is 5.70. The number of likely N-dealkylation sites (tertiary alicyclic amines) is 1. The first-order valence-electron chi connectivity index (χ1n) is 7.96. The number of nitrogens with zero attached hydrogens (tertiary/aromatic N) is 1. The van der Waals surface area contributed by atoms with E-state index in [4.69, 9.17) is 10.5 Å². The molecule has 19 heavy (non-hydrogen) atoms. The Hall–Kier alpha value is -0.120. The van der Waals surface area contributed by atoms with Crippen LogP contribution in [0.15, 0.2) is 0 Å². The van der Waals surface area contributed by atoms with Gasteiger partial charge < -0.3 is 15.4 Å². The maximum absolute atomic E-state index is 6.42. The van der Waals surface area contributed by atoms with Crippen molar-refractivity contribution in [1.82, 2.24) is 4.90 Å². The average molecular weight is 268 g/mol. The molecule has 1 saturated carbocycles. The second kappa shape index (κ2) is 6.11. The third kappa shape index (κ3) is 3.71. The zero-order valence-electron chi connectivity index (χ0n) is 13.2. The van der Waals surface area contributed by atoms with Gasteiger partial charge >= 0.3 is 0 Å². The van der Waals surface area contributed by atoms with Gasteiger partial charge in [0.1, 0.15) is 0 Å². The topological polar surface area (TPSA) is 38.5 Å². The Balaban J connectivity index is 1.93. The molecule has 112 valence electrons. The minimum Gasteiger partial charge on any atom is -0.377 e. The summed E-state index contributed by atoms with van der Waals surface area (Å²) in [5, 5.41) is 0. The van der Waals surface area contributed by atoms with Crippen LogP contribution < -0.4 is 5.73 Å². The molecular weight excluding hydrogens is 236 g/mol. The van der Waals surface area contributed by atoms with Crippen molar-refractivity contribution >= 4 is 0 Å². The molecule has 0 aromatic carbocycles. The molecule has 1 saturated heterocycles. The Kier molecular flexibility index (Phi) is 4.91. The van der Waals surface area contributed by atoms with Crippen LogP contribution in [0.25, 0.3) is 0 Å². The number of methoxy groups -OCH3 is 1. The summed E-state index contributed by atoms with van der Waals surface area (Å²) in [5.74, 6) is 2.22. The highest BCUT2D eigenvalue weighted by atomic mass is 16.5. The van der Waals surface area contributed by atoms with E-state index in [2.05, 4.69) is 25.7 Å². The molecule has 2 fully saturated rings. The first-order chi connectivity index (χ1) is 8.93. The smallest absolute Gasteiger partial charge is 0.0777 e. The Morgan fingerprint density at radius 1 is 1.32 bits per heavy atom. The highest BCUT2D eigenvalue weighted by Gasteiger charge is 2.36. The lowest BCUT2D eigenvalue weighted by atomic mass is 9.72. The lowest BCUT2D eigenvalue weighted by Gasteiger charge is -2.44. The molecule has 0 spiro atoms. The van der Waals surface area contributed by atoms with E-state index in [1.807, 2.05) is 7.11 Å². The molecule has 0 bridgehead atoms.